The van der Waals surface area contributed by atoms with Gasteiger partial charge >= 0.3 is 5.97 Å². The number of halogens is 1. The van der Waals surface area contributed by atoms with E-state index >= 15 is 0 Å². The minimum absolute atomic E-state index is 0.179. The minimum atomic E-state index is -0.990. The molecule has 0 amide bonds. The van der Waals surface area contributed by atoms with E-state index in [1.807, 2.05) is 0 Å². The van der Waals surface area contributed by atoms with Gasteiger partial charge in [0, 0.05) is 0 Å². The molecule has 0 saturated carbocycles. The van der Waals surface area contributed by atoms with Crippen LogP contribution in [0.25, 0.3) is 0 Å². The van der Waals surface area contributed by atoms with E-state index in [4.69, 9.17) is 21.8 Å². The summed E-state index contributed by atoms with van der Waals surface area (Å²) in [5.41, 5.74) is 1.54. The lowest BCUT2D eigenvalue weighted by molar-refractivity contribution is -0.136. The number of hydrogen-bond acceptors (Lipinski definition) is 3. The monoisotopic (exact) mass is 256 g/mol. The Labute approximate surface area is 104 Å². The van der Waals surface area contributed by atoms with Gasteiger partial charge in [0.1, 0.15) is 5.38 Å². The maximum Gasteiger partial charge on any atom is 0.307 e. The average molecular weight is 257 g/mol. The van der Waals surface area contributed by atoms with Crippen LogP contribution in [0.5, 0.6) is 0 Å². The number of aliphatic hydroxyl groups is 1. The van der Waals surface area contributed by atoms with Gasteiger partial charge in [-0.25, -0.2) is 0 Å². The first kappa shape index (κ1) is 13.7. The normalized spacial score (nSPS) is 12.2. The van der Waals surface area contributed by atoms with Gasteiger partial charge in [-0.3, -0.25) is 9.59 Å². The molecule has 0 heterocycles. The number of carboxylic acids is 1. The summed E-state index contributed by atoms with van der Waals surface area (Å²) in [4.78, 5) is 21.9. The average Bonchev–Trinajstić information content (AvgIpc) is 2.27. The molecule has 0 saturated heterocycles. The van der Waals surface area contributed by atoms with Crippen LogP contribution >= 0.6 is 11.6 Å². The molecule has 0 radical (unpaired) electrons. The summed E-state index contributed by atoms with van der Waals surface area (Å²) >= 11 is 5.93. The van der Waals surface area contributed by atoms with Crippen molar-refractivity contribution in [3.8, 4) is 0 Å². The lowest BCUT2D eigenvalue weighted by Crippen LogP contribution is -2.09. The van der Waals surface area contributed by atoms with E-state index in [0.29, 0.717) is 16.7 Å². The summed E-state index contributed by atoms with van der Waals surface area (Å²) in [6, 6.07) is 4.76. The van der Waals surface area contributed by atoms with Gasteiger partial charge in [-0.05, 0) is 23.6 Å². The van der Waals surface area contributed by atoms with E-state index in [1.54, 1.807) is 18.2 Å². The van der Waals surface area contributed by atoms with Crippen LogP contribution in [0.3, 0.4) is 0 Å². The Balaban J connectivity index is 3.20. The van der Waals surface area contributed by atoms with Crippen molar-refractivity contribution in [2.75, 3.05) is 0 Å². The molecule has 1 aromatic carbocycles. The maximum atomic E-state index is 11.2. The van der Waals surface area contributed by atoms with E-state index in [-0.39, 0.29) is 18.8 Å². The molecular formula is C12H13ClO4. The number of rotatable bonds is 5. The molecule has 0 bridgehead atoms. The SMILES string of the molecule is CC(=O)C(Cl)c1cc(CO)ccc1CC(=O)O. The van der Waals surface area contributed by atoms with Gasteiger partial charge in [0.2, 0.25) is 0 Å². The summed E-state index contributed by atoms with van der Waals surface area (Å²) < 4.78 is 0. The summed E-state index contributed by atoms with van der Waals surface area (Å²) in [6.45, 7) is 1.16. The predicted octanol–water partition coefficient (Wildman–Crippen LogP) is 1.67. The third-order valence-corrected chi connectivity index (χ3v) is 2.91. The number of alkyl halides is 1. The van der Waals surface area contributed by atoms with Crippen LogP contribution in [0.15, 0.2) is 18.2 Å². The fraction of sp³-hybridized carbons (Fsp3) is 0.333. The first-order valence-electron chi connectivity index (χ1n) is 5.04. The number of carboxylic acid groups (broad SMARTS) is 1. The molecule has 1 aromatic rings. The molecule has 17 heavy (non-hydrogen) atoms. The standard InChI is InChI=1S/C12H13ClO4/c1-7(15)12(13)10-4-8(6-14)2-3-9(10)5-11(16)17/h2-4,12,14H,5-6H2,1H3,(H,16,17). The Morgan fingerprint density at radius 3 is 2.53 bits per heavy atom. The first-order valence-corrected chi connectivity index (χ1v) is 5.48. The number of carbonyl (C=O) groups is 2. The van der Waals surface area contributed by atoms with E-state index in [1.165, 1.54) is 6.92 Å². The molecule has 0 aliphatic carbocycles. The Hall–Kier alpha value is -1.39. The highest BCUT2D eigenvalue weighted by Crippen LogP contribution is 2.26. The number of aliphatic carboxylic acids is 1. The Bertz CT molecular complexity index is 442. The second kappa shape index (κ2) is 5.80. The highest BCUT2D eigenvalue weighted by molar-refractivity contribution is 6.30. The quantitative estimate of drug-likeness (QED) is 0.786. The van der Waals surface area contributed by atoms with Crippen molar-refractivity contribution in [1.29, 1.82) is 0 Å². The lowest BCUT2D eigenvalue weighted by atomic mass is 9.97. The molecule has 1 rings (SSSR count). The first-order chi connectivity index (χ1) is 7.95. The molecular weight excluding hydrogens is 244 g/mol. The fourth-order valence-corrected chi connectivity index (χ4v) is 1.72. The zero-order valence-corrected chi connectivity index (χ0v) is 10.1. The van der Waals surface area contributed by atoms with Crippen LogP contribution in [-0.2, 0) is 22.6 Å². The van der Waals surface area contributed by atoms with Gasteiger partial charge in [0.15, 0.2) is 5.78 Å². The molecule has 0 aromatic heterocycles. The molecule has 92 valence electrons. The van der Waals surface area contributed by atoms with Crippen molar-refractivity contribution in [1.82, 2.24) is 0 Å². The zero-order chi connectivity index (χ0) is 13.0. The number of hydrogen-bond donors (Lipinski definition) is 2. The van der Waals surface area contributed by atoms with E-state index in [9.17, 15) is 9.59 Å². The van der Waals surface area contributed by atoms with Crippen LogP contribution in [0.1, 0.15) is 29.0 Å². The summed E-state index contributed by atoms with van der Waals surface area (Å²) in [5.74, 6) is -1.25. The van der Waals surface area contributed by atoms with Crippen LogP contribution in [-0.4, -0.2) is 22.0 Å². The minimum Gasteiger partial charge on any atom is -0.481 e. The van der Waals surface area contributed by atoms with Crippen molar-refractivity contribution >= 4 is 23.4 Å². The number of ketones is 1. The zero-order valence-electron chi connectivity index (χ0n) is 9.31. The van der Waals surface area contributed by atoms with Crippen molar-refractivity contribution in [3.05, 3.63) is 34.9 Å². The van der Waals surface area contributed by atoms with Crippen LogP contribution in [0.4, 0.5) is 0 Å². The lowest BCUT2D eigenvalue weighted by Gasteiger charge is -2.12. The number of Topliss-reactive ketones (excluding diaryl/α,β-unsaturated/α-hetero) is 1. The number of benzene rings is 1. The molecule has 0 fully saturated rings. The second-order valence-corrected chi connectivity index (χ2v) is 4.17. The largest absolute Gasteiger partial charge is 0.481 e. The maximum absolute atomic E-state index is 11.2. The summed E-state index contributed by atoms with van der Waals surface area (Å²) in [7, 11) is 0. The molecule has 0 aliphatic heterocycles. The van der Waals surface area contributed by atoms with Gasteiger partial charge in [-0.1, -0.05) is 18.2 Å². The Kier molecular flexibility index (Phi) is 4.66. The van der Waals surface area contributed by atoms with Gasteiger partial charge in [-0.15, -0.1) is 11.6 Å². The van der Waals surface area contributed by atoms with Crippen LogP contribution in [0.2, 0.25) is 0 Å². The van der Waals surface area contributed by atoms with Gasteiger partial charge in [0.05, 0.1) is 13.0 Å². The van der Waals surface area contributed by atoms with E-state index < -0.39 is 11.3 Å². The summed E-state index contributed by atoms with van der Waals surface area (Å²) in [5, 5.41) is 16.9. The second-order valence-electron chi connectivity index (χ2n) is 3.74. The van der Waals surface area contributed by atoms with Gasteiger partial charge in [-0.2, -0.15) is 0 Å². The molecule has 0 spiro atoms. The van der Waals surface area contributed by atoms with Crippen molar-refractivity contribution in [2.24, 2.45) is 0 Å². The molecule has 2 N–H and O–H groups in total. The Morgan fingerprint density at radius 2 is 2.06 bits per heavy atom. The third kappa shape index (κ3) is 3.54. The highest BCUT2D eigenvalue weighted by atomic mass is 35.5. The van der Waals surface area contributed by atoms with Crippen LogP contribution in [0, 0.1) is 0 Å². The highest BCUT2D eigenvalue weighted by Gasteiger charge is 2.18. The number of carbonyl (C=O) groups excluding carboxylic acids is 1. The predicted molar refractivity (Wildman–Crippen MR) is 63.0 cm³/mol. The third-order valence-electron chi connectivity index (χ3n) is 2.36. The number of aliphatic hydroxyl groups excluding tert-OH is 1. The van der Waals surface area contributed by atoms with Gasteiger partial charge < -0.3 is 10.2 Å². The van der Waals surface area contributed by atoms with Gasteiger partial charge in [0.25, 0.3) is 0 Å². The van der Waals surface area contributed by atoms with Crippen molar-refractivity contribution in [2.45, 2.75) is 25.3 Å². The molecule has 5 heteroatoms. The Morgan fingerprint density at radius 1 is 1.41 bits per heavy atom. The van der Waals surface area contributed by atoms with E-state index in [2.05, 4.69) is 0 Å². The summed E-state index contributed by atoms with van der Waals surface area (Å²) in [6.07, 6.45) is -0.197. The van der Waals surface area contributed by atoms with Crippen molar-refractivity contribution in [3.63, 3.8) is 0 Å². The topological polar surface area (TPSA) is 74.6 Å². The van der Waals surface area contributed by atoms with Crippen LogP contribution < -0.4 is 0 Å². The molecule has 4 nitrogen and oxygen atoms in total. The smallest absolute Gasteiger partial charge is 0.307 e. The fourth-order valence-electron chi connectivity index (χ4n) is 1.52. The van der Waals surface area contributed by atoms with E-state index in [0.717, 1.165) is 0 Å². The molecule has 0 aliphatic rings. The molecule has 1 unspecified atom stereocenters. The van der Waals surface area contributed by atoms with Crippen molar-refractivity contribution < 1.29 is 19.8 Å². The molecule has 1 atom stereocenters.